The number of carbonyl (C=O) groups excluding carboxylic acids is 2. The van der Waals surface area contributed by atoms with E-state index in [9.17, 15) is 14.0 Å². The molecule has 178 valence electrons. The number of piperidine rings is 1. The highest BCUT2D eigenvalue weighted by atomic mass is 19.1. The molecule has 7 heteroatoms. The van der Waals surface area contributed by atoms with Crippen molar-refractivity contribution in [3.05, 3.63) is 71.8 Å². The lowest BCUT2D eigenvalue weighted by molar-refractivity contribution is -0.148. The summed E-state index contributed by atoms with van der Waals surface area (Å²) in [5, 5.41) is 0.957. The summed E-state index contributed by atoms with van der Waals surface area (Å²) in [5.41, 5.74) is 2.11. The van der Waals surface area contributed by atoms with Crippen LogP contribution >= 0.6 is 0 Å². The zero-order valence-corrected chi connectivity index (χ0v) is 19.6. The summed E-state index contributed by atoms with van der Waals surface area (Å²) in [5.74, 6) is -1.17. The Morgan fingerprint density at radius 1 is 1.21 bits per heavy atom. The third-order valence-electron chi connectivity index (χ3n) is 6.58. The van der Waals surface area contributed by atoms with Crippen LogP contribution < -0.4 is 0 Å². The van der Waals surface area contributed by atoms with Crippen LogP contribution in [0.2, 0.25) is 0 Å². The summed E-state index contributed by atoms with van der Waals surface area (Å²) in [7, 11) is 0. The van der Waals surface area contributed by atoms with E-state index in [-0.39, 0.29) is 30.8 Å². The van der Waals surface area contributed by atoms with Gasteiger partial charge in [-0.1, -0.05) is 19.1 Å². The van der Waals surface area contributed by atoms with E-state index in [1.54, 1.807) is 30.2 Å². The van der Waals surface area contributed by atoms with Crippen LogP contribution in [0.15, 0.2) is 54.7 Å². The molecule has 4 rings (SSSR count). The normalized spacial score (nSPS) is 18.0. The van der Waals surface area contributed by atoms with Gasteiger partial charge in [-0.05, 0) is 68.1 Å². The van der Waals surface area contributed by atoms with Crippen LogP contribution in [0, 0.1) is 11.7 Å². The highest BCUT2D eigenvalue weighted by molar-refractivity contribution is 5.82. The number of hydrogen-bond donors (Lipinski definition) is 0. The maximum atomic E-state index is 14.1. The molecule has 0 radical (unpaired) electrons. The molecule has 1 aromatic carbocycles. The van der Waals surface area contributed by atoms with Gasteiger partial charge in [0.25, 0.3) is 0 Å². The molecule has 1 aliphatic rings. The smallest absolute Gasteiger partial charge is 0.308 e. The quantitative estimate of drug-likeness (QED) is 0.430. The minimum Gasteiger partial charge on any atom is -0.466 e. The summed E-state index contributed by atoms with van der Waals surface area (Å²) in [6.45, 7) is 4.57. The van der Waals surface area contributed by atoms with E-state index in [4.69, 9.17) is 9.72 Å². The van der Waals surface area contributed by atoms with E-state index in [1.807, 2.05) is 24.3 Å². The van der Waals surface area contributed by atoms with Crippen LogP contribution in [0.3, 0.4) is 0 Å². The first kappa shape index (κ1) is 23.8. The first-order valence-corrected chi connectivity index (χ1v) is 11.9. The maximum absolute atomic E-state index is 14.1. The predicted molar refractivity (Wildman–Crippen MR) is 127 cm³/mol. The fraction of sp³-hybridized carbons (Fsp3) is 0.407. The lowest BCUT2D eigenvalue weighted by Crippen LogP contribution is -2.46. The van der Waals surface area contributed by atoms with Crippen LogP contribution in [-0.2, 0) is 14.3 Å². The Hall–Kier alpha value is -3.35. The lowest BCUT2D eigenvalue weighted by atomic mass is 9.80. The number of pyridine rings is 2. The number of hydrogen-bond acceptors (Lipinski definition) is 5. The molecule has 1 fully saturated rings. The van der Waals surface area contributed by atoms with Crippen molar-refractivity contribution in [2.75, 3.05) is 13.2 Å². The number of halogens is 1. The third kappa shape index (κ3) is 5.08. The van der Waals surface area contributed by atoms with Gasteiger partial charge in [-0.15, -0.1) is 0 Å². The van der Waals surface area contributed by atoms with Crippen molar-refractivity contribution in [2.45, 2.75) is 51.5 Å². The molecule has 0 bridgehead atoms. The molecule has 2 unspecified atom stereocenters. The largest absolute Gasteiger partial charge is 0.466 e. The number of esters is 1. The Morgan fingerprint density at radius 3 is 2.82 bits per heavy atom. The standard InChI is InChI=1S/C27H30FN3O3/c1-3-21(23-13-12-18-9-6-14-29-26(18)30-23)22-11-7-15-31(27(22)33)24(17-25(32)34-4-2)19-8-5-10-20(28)16-19/h5-6,8-10,12-14,16,21-22,24H,3-4,7,11,15,17H2,1-2H3/t21?,22?,24-/m0/s1. The van der Waals surface area contributed by atoms with E-state index in [1.165, 1.54) is 12.1 Å². The topological polar surface area (TPSA) is 72.4 Å². The van der Waals surface area contributed by atoms with E-state index in [2.05, 4.69) is 11.9 Å². The summed E-state index contributed by atoms with van der Waals surface area (Å²) in [4.78, 5) is 37.1. The third-order valence-corrected chi connectivity index (χ3v) is 6.58. The molecule has 3 aromatic rings. The molecular formula is C27H30FN3O3. The molecule has 1 saturated heterocycles. The van der Waals surface area contributed by atoms with E-state index < -0.39 is 17.8 Å². The number of likely N-dealkylation sites (tertiary alicyclic amines) is 1. The number of rotatable bonds is 8. The molecule has 3 atom stereocenters. The summed E-state index contributed by atoms with van der Waals surface area (Å²) >= 11 is 0. The minimum atomic E-state index is -0.575. The average molecular weight is 464 g/mol. The zero-order chi connectivity index (χ0) is 24.1. The van der Waals surface area contributed by atoms with Crippen LogP contribution in [0.25, 0.3) is 11.0 Å². The summed E-state index contributed by atoms with van der Waals surface area (Å²) in [6, 6.07) is 13.4. The lowest BCUT2D eigenvalue weighted by Gasteiger charge is -2.40. The Labute approximate surface area is 199 Å². The van der Waals surface area contributed by atoms with Gasteiger partial charge in [0.2, 0.25) is 5.91 Å². The van der Waals surface area contributed by atoms with Crippen molar-refractivity contribution in [1.29, 1.82) is 0 Å². The van der Waals surface area contributed by atoms with Crippen LogP contribution in [0.1, 0.15) is 62.7 Å². The van der Waals surface area contributed by atoms with Crippen molar-refractivity contribution in [3.8, 4) is 0 Å². The second-order valence-electron chi connectivity index (χ2n) is 8.66. The number of ether oxygens (including phenoxy) is 1. The van der Waals surface area contributed by atoms with Crippen LogP contribution in [-0.4, -0.2) is 39.9 Å². The summed E-state index contributed by atoms with van der Waals surface area (Å²) in [6.07, 6.45) is 3.99. The van der Waals surface area contributed by atoms with Gasteiger partial charge < -0.3 is 9.64 Å². The van der Waals surface area contributed by atoms with Gasteiger partial charge in [-0.25, -0.2) is 14.4 Å². The zero-order valence-electron chi connectivity index (χ0n) is 19.6. The molecule has 0 saturated carbocycles. The van der Waals surface area contributed by atoms with Crippen molar-refractivity contribution < 1.29 is 18.7 Å². The Morgan fingerprint density at radius 2 is 2.06 bits per heavy atom. The molecule has 0 N–H and O–H groups in total. The number of fused-ring (bicyclic) bond motifs is 1. The first-order valence-electron chi connectivity index (χ1n) is 11.9. The highest BCUT2D eigenvalue weighted by Gasteiger charge is 2.39. The van der Waals surface area contributed by atoms with E-state index in [0.29, 0.717) is 17.8 Å². The number of aromatic nitrogens is 2. The first-order chi connectivity index (χ1) is 16.5. The molecule has 6 nitrogen and oxygen atoms in total. The Bertz CT molecular complexity index is 1170. The predicted octanol–water partition coefficient (Wildman–Crippen LogP) is 5.20. The van der Waals surface area contributed by atoms with Gasteiger partial charge in [0.15, 0.2) is 5.65 Å². The van der Waals surface area contributed by atoms with Gasteiger partial charge in [0, 0.05) is 35.7 Å². The highest BCUT2D eigenvalue weighted by Crippen LogP contribution is 2.38. The van der Waals surface area contributed by atoms with Crippen molar-refractivity contribution in [2.24, 2.45) is 5.92 Å². The second kappa shape index (κ2) is 10.7. The maximum Gasteiger partial charge on any atom is 0.308 e. The summed E-state index contributed by atoms with van der Waals surface area (Å²) < 4.78 is 19.2. The molecule has 0 spiro atoms. The number of nitrogens with zero attached hydrogens (tertiary/aromatic N) is 3. The molecular weight excluding hydrogens is 433 g/mol. The van der Waals surface area contributed by atoms with Gasteiger partial charge in [-0.2, -0.15) is 0 Å². The van der Waals surface area contributed by atoms with Gasteiger partial charge >= 0.3 is 5.97 Å². The molecule has 1 amide bonds. The number of carbonyl (C=O) groups is 2. The minimum absolute atomic E-state index is 0.00924. The van der Waals surface area contributed by atoms with Gasteiger partial charge in [0.1, 0.15) is 5.82 Å². The second-order valence-corrected chi connectivity index (χ2v) is 8.66. The van der Waals surface area contributed by atoms with Crippen LogP contribution in [0.4, 0.5) is 4.39 Å². The molecule has 34 heavy (non-hydrogen) atoms. The number of amides is 1. The molecule has 0 aliphatic carbocycles. The van der Waals surface area contributed by atoms with E-state index >= 15 is 0 Å². The molecule has 1 aliphatic heterocycles. The Kier molecular flexibility index (Phi) is 7.50. The van der Waals surface area contributed by atoms with E-state index in [0.717, 1.165) is 30.3 Å². The molecule has 2 aromatic heterocycles. The fourth-order valence-electron chi connectivity index (χ4n) is 4.98. The van der Waals surface area contributed by atoms with Crippen molar-refractivity contribution >= 4 is 22.9 Å². The van der Waals surface area contributed by atoms with Crippen molar-refractivity contribution in [1.82, 2.24) is 14.9 Å². The Balaban J connectivity index is 1.65. The van der Waals surface area contributed by atoms with Gasteiger partial charge in [-0.3, -0.25) is 9.59 Å². The monoisotopic (exact) mass is 463 g/mol. The van der Waals surface area contributed by atoms with Crippen LogP contribution in [0.5, 0.6) is 0 Å². The van der Waals surface area contributed by atoms with Gasteiger partial charge in [0.05, 0.1) is 19.1 Å². The SMILES string of the molecule is CCOC(=O)C[C@@H](c1cccc(F)c1)N1CCCC(C(CC)c2ccc3cccnc3n2)C1=O. The fourth-order valence-corrected chi connectivity index (χ4v) is 4.98. The average Bonchev–Trinajstić information content (AvgIpc) is 2.84. The molecule has 3 heterocycles. The number of benzene rings is 1. The van der Waals surface area contributed by atoms with Crippen molar-refractivity contribution in [3.63, 3.8) is 0 Å².